The Morgan fingerprint density at radius 3 is 2.82 bits per heavy atom. The van der Waals surface area contributed by atoms with Crippen molar-refractivity contribution < 1.29 is 19.5 Å². The number of halogens is 1. The lowest BCUT2D eigenvalue weighted by Gasteiger charge is -2.25. The van der Waals surface area contributed by atoms with E-state index in [0.29, 0.717) is 10.7 Å². The summed E-state index contributed by atoms with van der Waals surface area (Å²) in [6.07, 6.45) is -0.0195. The Hall–Kier alpha value is -1.73. The van der Waals surface area contributed by atoms with Crippen LogP contribution in [0.4, 0.5) is 5.69 Å². The summed E-state index contributed by atoms with van der Waals surface area (Å²) < 4.78 is 0. The molecule has 0 unspecified atom stereocenters. The van der Waals surface area contributed by atoms with E-state index in [1.54, 1.807) is 18.2 Å². The quantitative estimate of drug-likeness (QED) is 0.773. The Morgan fingerprint density at radius 2 is 2.23 bits per heavy atom. The van der Waals surface area contributed by atoms with E-state index in [1.165, 1.54) is 11.8 Å². The topological polar surface area (TPSA) is 95.5 Å². The molecular weight excluding hydrogens is 328 g/mol. The number of amides is 2. The van der Waals surface area contributed by atoms with E-state index < -0.39 is 23.2 Å². The molecule has 22 heavy (non-hydrogen) atoms. The average Bonchev–Trinajstić information content (AvgIpc) is 2.45. The zero-order valence-corrected chi connectivity index (χ0v) is 13.3. The number of carboxylic acid groups (broad SMARTS) is 1. The molecule has 1 aromatic carbocycles. The van der Waals surface area contributed by atoms with E-state index in [2.05, 4.69) is 10.6 Å². The zero-order chi connectivity index (χ0) is 16.3. The summed E-state index contributed by atoms with van der Waals surface area (Å²) in [7, 11) is 0. The molecule has 1 fully saturated rings. The molecule has 1 heterocycles. The Balaban J connectivity index is 1.91. The highest BCUT2D eigenvalue weighted by Crippen LogP contribution is 2.23. The highest BCUT2D eigenvalue weighted by molar-refractivity contribution is 8.00. The van der Waals surface area contributed by atoms with Gasteiger partial charge in [0, 0.05) is 22.9 Å². The summed E-state index contributed by atoms with van der Waals surface area (Å²) in [5, 5.41) is 13.9. The number of aliphatic carboxylic acids is 1. The highest BCUT2D eigenvalue weighted by atomic mass is 35.5. The monoisotopic (exact) mass is 342 g/mol. The van der Waals surface area contributed by atoms with Gasteiger partial charge in [0.1, 0.15) is 6.04 Å². The van der Waals surface area contributed by atoms with Crippen LogP contribution < -0.4 is 10.6 Å². The van der Waals surface area contributed by atoms with Gasteiger partial charge in [-0.05, 0) is 24.6 Å². The summed E-state index contributed by atoms with van der Waals surface area (Å²) >= 11 is 7.16. The first kappa shape index (κ1) is 16.6. The lowest BCUT2D eigenvalue weighted by molar-refractivity contribution is -0.141. The summed E-state index contributed by atoms with van der Waals surface area (Å²) in [5.41, 5.74) is 1.46. The van der Waals surface area contributed by atoms with Crippen LogP contribution in [-0.2, 0) is 14.4 Å². The van der Waals surface area contributed by atoms with E-state index in [-0.39, 0.29) is 18.1 Å². The molecule has 0 aliphatic carbocycles. The molecule has 1 aliphatic rings. The van der Waals surface area contributed by atoms with Crippen LogP contribution in [0.15, 0.2) is 18.2 Å². The first-order valence-corrected chi connectivity index (χ1v) is 8.00. The maximum atomic E-state index is 12.0. The van der Waals surface area contributed by atoms with Crippen molar-refractivity contribution in [2.75, 3.05) is 11.1 Å². The van der Waals surface area contributed by atoms with Crippen LogP contribution in [-0.4, -0.2) is 39.9 Å². The third-order valence-corrected chi connectivity index (χ3v) is 4.91. The molecule has 0 spiro atoms. The minimum absolute atomic E-state index is 0.0195. The molecule has 0 bridgehead atoms. The SMILES string of the molecule is Cc1ccc(NC(=O)C[C@H]2SC[C@@H](C(=O)O)NC2=O)cc1Cl. The molecule has 1 saturated heterocycles. The number of nitrogens with one attached hydrogen (secondary N) is 2. The molecule has 1 aliphatic heterocycles. The second-order valence-corrected chi connectivity index (χ2v) is 6.58. The fourth-order valence-corrected chi connectivity index (χ4v) is 3.25. The number of aryl methyl sites for hydroxylation is 1. The molecule has 8 heteroatoms. The van der Waals surface area contributed by atoms with Crippen LogP contribution >= 0.6 is 23.4 Å². The fourth-order valence-electron chi connectivity index (χ4n) is 1.93. The van der Waals surface area contributed by atoms with Gasteiger partial charge in [-0.3, -0.25) is 9.59 Å². The Morgan fingerprint density at radius 1 is 1.50 bits per heavy atom. The molecule has 0 radical (unpaired) electrons. The number of carbonyl (C=O) groups is 3. The lowest BCUT2D eigenvalue weighted by atomic mass is 10.2. The first-order chi connectivity index (χ1) is 10.4. The molecule has 0 saturated carbocycles. The van der Waals surface area contributed by atoms with E-state index >= 15 is 0 Å². The van der Waals surface area contributed by atoms with Gasteiger partial charge in [-0.25, -0.2) is 4.79 Å². The molecule has 118 valence electrons. The zero-order valence-electron chi connectivity index (χ0n) is 11.8. The molecule has 1 aromatic rings. The number of benzene rings is 1. The number of hydrogen-bond donors (Lipinski definition) is 3. The van der Waals surface area contributed by atoms with Crippen molar-refractivity contribution in [1.82, 2.24) is 5.32 Å². The highest BCUT2D eigenvalue weighted by Gasteiger charge is 2.33. The molecular formula is C14H15ClN2O4S. The smallest absolute Gasteiger partial charge is 0.327 e. The third kappa shape index (κ3) is 4.14. The number of carbonyl (C=O) groups excluding carboxylic acids is 2. The number of carboxylic acids is 1. The predicted octanol–water partition coefficient (Wildman–Crippen LogP) is 1.66. The number of rotatable bonds is 4. The van der Waals surface area contributed by atoms with Gasteiger partial charge in [-0.15, -0.1) is 11.8 Å². The van der Waals surface area contributed by atoms with Crippen molar-refractivity contribution in [3.05, 3.63) is 28.8 Å². The van der Waals surface area contributed by atoms with Crippen molar-refractivity contribution in [2.24, 2.45) is 0 Å². The minimum Gasteiger partial charge on any atom is -0.480 e. The molecule has 3 N–H and O–H groups in total. The normalized spacial score (nSPS) is 21.1. The van der Waals surface area contributed by atoms with Crippen LogP contribution in [0.1, 0.15) is 12.0 Å². The predicted molar refractivity (Wildman–Crippen MR) is 85.2 cm³/mol. The van der Waals surface area contributed by atoms with Crippen molar-refractivity contribution >= 4 is 46.8 Å². The Labute approximate surface area is 136 Å². The van der Waals surface area contributed by atoms with Gasteiger partial charge in [0.05, 0.1) is 5.25 Å². The first-order valence-electron chi connectivity index (χ1n) is 6.57. The Kier molecular flexibility index (Phi) is 5.31. The second-order valence-electron chi connectivity index (χ2n) is 4.94. The summed E-state index contributed by atoms with van der Waals surface area (Å²) in [6, 6.07) is 4.27. The standard InChI is InChI=1S/C14H15ClN2O4S/c1-7-2-3-8(4-9(7)15)16-12(18)5-11-13(19)17-10(6-22-11)14(20)21/h2-4,10-11H,5-6H2,1H3,(H,16,18)(H,17,19)(H,20,21)/t10-,11+/m0/s1. The van der Waals surface area contributed by atoms with Crippen LogP contribution in [0.5, 0.6) is 0 Å². The van der Waals surface area contributed by atoms with Crippen molar-refractivity contribution in [1.29, 1.82) is 0 Å². The summed E-state index contributed by atoms with van der Waals surface area (Å²) in [4.78, 5) is 34.6. The maximum Gasteiger partial charge on any atom is 0.327 e. The number of hydrogen-bond acceptors (Lipinski definition) is 4. The van der Waals surface area contributed by atoms with Crippen LogP contribution in [0.3, 0.4) is 0 Å². The van der Waals surface area contributed by atoms with Gasteiger partial charge in [0.2, 0.25) is 11.8 Å². The van der Waals surface area contributed by atoms with E-state index in [9.17, 15) is 14.4 Å². The van der Waals surface area contributed by atoms with Gasteiger partial charge in [0.15, 0.2) is 0 Å². The summed E-state index contributed by atoms with van der Waals surface area (Å²) in [6.45, 7) is 1.86. The van der Waals surface area contributed by atoms with Crippen molar-refractivity contribution in [3.63, 3.8) is 0 Å². The van der Waals surface area contributed by atoms with Gasteiger partial charge in [0.25, 0.3) is 0 Å². The van der Waals surface area contributed by atoms with Gasteiger partial charge >= 0.3 is 5.97 Å². The van der Waals surface area contributed by atoms with Gasteiger partial charge in [-0.2, -0.15) is 0 Å². The van der Waals surface area contributed by atoms with Crippen LogP contribution in [0.2, 0.25) is 5.02 Å². The van der Waals surface area contributed by atoms with Gasteiger partial charge in [-0.1, -0.05) is 17.7 Å². The fraction of sp³-hybridized carbons (Fsp3) is 0.357. The largest absolute Gasteiger partial charge is 0.480 e. The second kappa shape index (κ2) is 7.02. The van der Waals surface area contributed by atoms with E-state index in [4.69, 9.17) is 16.7 Å². The molecule has 2 atom stereocenters. The molecule has 2 rings (SSSR count). The minimum atomic E-state index is -1.07. The molecule has 6 nitrogen and oxygen atoms in total. The maximum absolute atomic E-state index is 12.0. The van der Waals surface area contributed by atoms with Crippen molar-refractivity contribution in [2.45, 2.75) is 24.6 Å². The van der Waals surface area contributed by atoms with E-state index in [1.807, 2.05) is 6.92 Å². The van der Waals surface area contributed by atoms with Crippen molar-refractivity contribution in [3.8, 4) is 0 Å². The van der Waals surface area contributed by atoms with Gasteiger partial charge < -0.3 is 15.7 Å². The number of anilines is 1. The lowest BCUT2D eigenvalue weighted by Crippen LogP contribution is -2.51. The van der Waals surface area contributed by atoms with E-state index in [0.717, 1.165) is 5.56 Å². The third-order valence-electron chi connectivity index (χ3n) is 3.20. The average molecular weight is 343 g/mol. The van der Waals surface area contributed by atoms with Crippen LogP contribution in [0.25, 0.3) is 0 Å². The molecule has 2 amide bonds. The van der Waals surface area contributed by atoms with Crippen LogP contribution in [0, 0.1) is 6.92 Å². The molecule has 0 aromatic heterocycles. The Bertz CT molecular complexity index is 623. The number of thioether (sulfide) groups is 1. The summed E-state index contributed by atoms with van der Waals surface area (Å²) in [5.74, 6) is -1.57.